The Bertz CT molecular complexity index is 458. The predicted molar refractivity (Wildman–Crippen MR) is 74.7 cm³/mol. The van der Waals surface area contributed by atoms with Crippen LogP contribution < -0.4 is 0 Å². The number of aryl methyl sites for hydroxylation is 1. The lowest BCUT2D eigenvalue weighted by molar-refractivity contribution is 0.0947. The van der Waals surface area contributed by atoms with Gasteiger partial charge in [0.15, 0.2) is 5.78 Å². The summed E-state index contributed by atoms with van der Waals surface area (Å²) in [5.74, 6) is 0.322. The van der Waals surface area contributed by atoms with Gasteiger partial charge in [0, 0.05) is 16.5 Å². The summed E-state index contributed by atoms with van der Waals surface area (Å²) < 4.78 is 1.09. The molecule has 1 aliphatic rings. The molecule has 92 valence electrons. The van der Waals surface area contributed by atoms with Crippen molar-refractivity contribution in [2.45, 2.75) is 51.9 Å². The summed E-state index contributed by atoms with van der Waals surface area (Å²) in [5.41, 5.74) is 3.58. The molecule has 17 heavy (non-hydrogen) atoms. The van der Waals surface area contributed by atoms with Gasteiger partial charge < -0.3 is 0 Å². The summed E-state index contributed by atoms with van der Waals surface area (Å²) in [5, 5.41) is 0. The fourth-order valence-electron chi connectivity index (χ4n) is 3.13. The molecule has 0 aromatic heterocycles. The van der Waals surface area contributed by atoms with Crippen LogP contribution in [0.25, 0.3) is 0 Å². The van der Waals surface area contributed by atoms with Crippen LogP contribution in [0, 0.1) is 6.92 Å². The first kappa shape index (κ1) is 12.8. The number of Topliss-reactive ketones (excluding diaryl/α,β-unsaturated/α-hetero) is 1. The first-order valence-corrected chi connectivity index (χ1v) is 7.17. The second-order valence-corrected chi connectivity index (χ2v) is 5.97. The molecule has 2 rings (SSSR count). The van der Waals surface area contributed by atoms with Crippen molar-refractivity contribution in [3.8, 4) is 0 Å². The maximum Gasteiger partial charge on any atom is 0.163 e. The maximum atomic E-state index is 12.1. The smallest absolute Gasteiger partial charge is 0.163 e. The highest BCUT2D eigenvalue weighted by Gasteiger charge is 2.37. The minimum absolute atomic E-state index is 0.206. The summed E-state index contributed by atoms with van der Waals surface area (Å²) in [7, 11) is 0. The topological polar surface area (TPSA) is 17.1 Å². The molecule has 1 aromatic rings. The van der Waals surface area contributed by atoms with E-state index in [-0.39, 0.29) is 5.41 Å². The molecule has 0 N–H and O–H groups in total. The largest absolute Gasteiger partial charge is 0.294 e. The van der Waals surface area contributed by atoms with Gasteiger partial charge in [-0.1, -0.05) is 29.8 Å². The molecule has 0 fully saturated rings. The van der Waals surface area contributed by atoms with Gasteiger partial charge in [-0.2, -0.15) is 0 Å². The van der Waals surface area contributed by atoms with E-state index in [0.717, 1.165) is 34.9 Å². The van der Waals surface area contributed by atoms with Gasteiger partial charge >= 0.3 is 0 Å². The third kappa shape index (κ3) is 1.97. The normalized spacial score (nSPS) is 18.0. The zero-order valence-electron chi connectivity index (χ0n) is 10.8. The van der Waals surface area contributed by atoms with Crippen molar-refractivity contribution >= 4 is 21.7 Å². The number of carbonyl (C=O) groups excluding carboxylic acids is 1. The van der Waals surface area contributed by atoms with Gasteiger partial charge in [-0.05, 0) is 54.9 Å². The van der Waals surface area contributed by atoms with Gasteiger partial charge in [0.2, 0.25) is 0 Å². The summed E-state index contributed by atoms with van der Waals surface area (Å²) >= 11 is 3.56. The standard InChI is InChI=1S/C15H19BrO/c1-4-15(5-2)7-6-13(17)14-10(3)8-11(16)9-12(14)15/h8-9H,4-7H2,1-3H3. The highest BCUT2D eigenvalue weighted by Crippen LogP contribution is 2.44. The Labute approximate surface area is 112 Å². The predicted octanol–water partition coefficient (Wildman–Crippen LogP) is 4.79. The van der Waals surface area contributed by atoms with Gasteiger partial charge in [-0.25, -0.2) is 0 Å². The zero-order chi connectivity index (χ0) is 12.6. The fraction of sp³-hybridized carbons (Fsp3) is 0.533. The molecule has 0 bridgehead atoms. The van der Waals surface area contributed by atoms with Crippen LogP contribution in [0.4, 0.5) is 0 Å². The monoisotopic (exact) mass is 294 g/mol. The summed E-state index contributed by atoms with van der Waals surface area (Å²) in [6, 6.07) is 4.21. The van der Waals surface area contributed by atoms with Crippen molar-refractivity contribution in [1.29, 1.82) is 0 Å². The number of hydrogen-bond acceptors (Lipinski definition) is 1. The lowest BCUT2D eigenvalue weighted by Crippen LogP contribution is -2.32. The highest BCUT2D eigenvalue weighted by molar-refractivity contribution is 9.10. The molecule has 0 spiro atoms. The Kier molecular flexibility index (Phi) is 3.44. The number of carbonyl (C=O) groups is 1. The van der Waals surface area contributed by atoms with Crippen molar-refractivity contribution in [3.63, 3.8) is 0 Å². The minimum Gasteiger partial charge on any atom is -0.294 e. The van der Waals surface area contributed by atoms with Crippen LogP contribution in [0.3, 0.4) is 0 Å². The molecule has 0 atom stereocenters. The second kappa shape index (κ2) is 4.56. The number of fused-ring (bicyclic) bond motifs is 1. The van der Waals surface area contributed by atoms with Crippen LogP contribution in [-0.2, 0) is 5.41 Å². The van der Waals surface area contributed by atoms with E-state index in [1.807, 2.05) is 6.92 Å². The van der Waals surface area contributed by atoms with Crippen molar-refractivity contribution in [2.75, 3.05) is 0 Å². The van der Waals surface area contributed by atoms with E-state index in [9.17, 15) is 4.79 Å². The van der Waals surface area contributed by atoms with Gasteiger partial charge in [0.25, 0.3) is 0 Å². The van der Waals surface area contributed by atoms with E-state index < -0.39 is 0 Å². The highest BCUT2D eigenvalue weighted by atomic mass is 79.9. The summed E-state index contributed by atoms with van der Waals surface area (Å²) in [6.45, 7) is 6.52. The second-order valence-electron chi connectivity index (χ2n) is 5.06. The Morgan fingerprint density at radius 2 is 1.94 bits per heavy atom. The van der Waals surface area contributed by atoms with Gasteiger partial charge in [-0.3, -0.25) is 4.79 Å². The fourth-order valence-corrected chi connectivity index (χ4v) is 3.70. The first-order valence-electron chi connectivity index (χ1n) is 6.38. The van der Waals surface area contributed by atoms with Crippen LogP contribution in [0.1, 0.15) is 61.0 Å². The van der Waals surface area contributed by atoms with Crippen LogP contribution >= 0.6 is 15.9 Å². The molecule has 0 amide bonds. The molecule has 0 saturated heterocycles. The van der Waals surface area contributed by atoms with Crippen molar-refractivity contribution in [2.24, 2.45) is 0 Å². The minimum atomic E-state index is 0.206. The quantitative estimate of drug-likeness (QED) is 0.766. The molecule has 0 radical (unpaired) electrons. The number of rotatable bonds is 2. The molecule has 0 aliphatic heterocycles. The molecule has 0 unspecified atom stereocenters. The van der Waals surface area contributed by atoms with Crippen molar-refractivity contribution in [1.82, 2.24) is 0 Å². The van der Waals surface area contributed by atoms with E-state index in [4.69, 9.17) is 0 Å². The van der Waals surface area contributed by atoms with Crippen LogP contribution in [-0.4, -0.2) is 5.78 Å². The van der Waals surface area contributed by atoms with Gasteiger partial charge in [0.1, 0.15) is 0 Å². The molecule has 1 aromatic carbocycles. The number of benzene rings is 1. The Balaban J connectivity index is 2.71. The number of hydrogen-bond donors (Lipinski definition) is 0. The lowest BCUT2D eigenvalue weighted by atomic mass is 9.66. The molecular weight excluding hydrogens is 276 g/mol. The van der Waals surface area contributed by atoms with Crippen LogP contribution in [0.2, 0.25) is 0 Å². The maximum absolute atomic E-state index is 12.1. The molecule has 0 saturated carbocycles. The third-order valence-electron chi connectivity index (χ3n) is 4.33. The molecular formula is C15H19BrO. The van der Waals surface area contributed by atoms with E-state index in [0.29, 0.717) is 12.2 Å². The molecule has 2 heteroatoms. The Morgan fingerprint density at radius 1 is 1.29 bits per heavy atom. The van der Waals surface area contributed by atoms with Gasteiger partial charge in [-0.15, -0.1) is 0 Å². The van der Waals surface area contributed by atoms with Crippen molar-refractivity contribution < 1.29 is 4.79 Å². The average molecular weight is 295 g/mol. The number of ketones is 1. The molecule has 1 aliphatic carbocycles. The Morgan fingerprint density at radius 3 is 2.53 bits per heavy atom. The average Bonchev–Trinajstić information content (AvgIpc) is 2.29. The lowest BCUT2D eigenvalue weighted by Gasteiger charge is -2.38. The summed E-state index contributed by atoms with van der Waals surface area (Å²) in [6.07, 6.45) is 3.93. The van der Waals surface area contributed by atoms with E-state index in [1.165, 1.54) is 5.56 Å². The van der Waals surface area contributed by atoms with Gasteiger partial charge in [0.05, 0.1) is 0 Å². The first-order chi connectivity index (χ1) is 8.04. The summed E-state index contributed by atoms with van der Waals surface area (Å²) in [4.78, 5) is 12.1. The van der Waals surface area contributed by atoms with E-state index in [1.54, 1.807) is 0 Å². The van der Waals surface area contributed by atoms with Crippen LogP contribution in [0.5, 0.6) is 0 Å². The van der Waals surface area contributed by atoms with Crippen LogP contribution in [0.15, 0.2) is 16.6 Å². The zero-order valence-corrected chi connectivity index (χ0v) is 12.4. The third-order valence-corrected chi connectivity index (χ3v) is 4.79. The molecule has 1 nitrogen and oxygen atoms in total. The number of halogens is 1. The Hall–Kier alpha value is -0.630. The van der Waals surface area contributed by atoms with E-state index >= 15 is 0 Å². The van der Waals surface area contributed by atoms with Crippen molar-refractivity contribution in [3.05, 3.63) is 33.3 Å². The van der Waals surface area contributed by atoms with E-state index in [2.05, 4.69) is 41.9 Å². The molecule has 0 heterocycles. The SMILES string of the molecule is CCC1(CC)CCC(=O)c2c(C)cc(Br)cc21.